The topological polar surface area (TPSA) is 58.6 Å². The molecule has 1 amide bonds. The average molecular weight is 374 g/mol. The molecule has 2 aromatic rings. The molecule has 0 unspecified atom stereocenters. The third-order valence-corrected chi connectivity index (χ3v) is 4.56. The van der Waals surface area contributed by atoms with Crippen LogP contribution in [0.3, 0.4) is 0 Å². The maximum Gasteiger partial charge on any atom is 0.338 e. The van der Waals surface area contributed by atoms with Crippen molar-refractivity contribution in [1.82, 2.24) is 4.90 Å². The summed E-state index contributed by atoms with van der Waals surface area (Å²) >= 11 is 0. The van der Waals surface area contributed by atoms with E-state index in [4.69, 9.17) is 4.74 Å². The van der Waals surface area contributed by atoms with Gasteiger partial charge in [-0.25, -0.2) is 13.6 Å². The average Bonchev–Trinajstić information content (AvgIpc) is 2.70. The summed E-state index contributed by atoms with van der Waals surface area (Å²) in [7, 11) is 1.27. The van der Waals surface area contributed by atoms with Gasteiger partial charge in [0.25, 0.3) is 5.91 Å². The predicted molar refractivity (Wildman–Crippen MR) is 96.7 cm³/mol. The van der Waals surface area contributed by atoms with E-state index in [2.05, 4.69) is 5.32 Å². The van der Waals surface area contributed by atoms with Crippen molar-refractivity contribution in [2.45, 2.75) is 18.9 Å². The summed E-state index contributed by atoms with van der Waals surface area (Å²) in [5.74, 6) is -2.64. The Balaban J connectivity index is 1.73. The Hall–Kier alpha value is -2.96. The second-order valence-electron chi connectivity index (χ2n) is 6.40. The molecule has 1 heterocycles. The van der Waals surface area contributed by atoms with Crippen LogP contribution >= 0.6 is 0 Å². The van der Waals surface area contributed by atoms with E-state index in [1.807, 2.05) is 0 Å². The zero-order valence-corrected chi connectivity index (χ0v) is 14.9. The van der Waals surface area contributed by atoms with E-state index < -0.39 is 17.6 Å². The van der Waals surface area contributed by atoms with Gasteiger partial charge in [-0.15, -0.1) is 0 Å². The number of nitrogens with zero attached hydrogens (tertiary/aromatic N) is 1. The first-order valence-electron chi connectivity index (χ1n) is 8.68. The minimum Gasteiger partial charge on any atom is -0.465 e. The molecule has 0 radical (unpaired) electrons. The number of amides is 1. The summed E-state index contributed by atoms with van der Waals surface area (Å²) in [5, 5.41) is 3.14. The van der Waals surface area contributed by atoms with E-state index in [-0.39, 0.29) is 23.1 Å². The quantitative estimate of drug-likeness (QED) is 0.833. The lowest BCUT2D eigenvalue weighted by atomic mass is 10.0. The van der Waals surface area contributed by atoms with E-state index in [9.17, 15) is 18.4 Å². The number of esters is 1. The van der Waals surface area contributed by atoms with E-state index in [1.54, 1.807) is 29.2 Å². The van der Waals surface area contributed by atoms with Gasteiger partial charge in [0.15, 0.2) is 11.6 Å². The third kappa shape index (κ3) is 4.24. The molecule has 0 bridgehead atoms. The van der Waals surface area contributed by atoms with Gasteiger partial charge in [0.2, 0.25) is 0 Å². The lowest BCUT2D eigenvalue weighted by molar-refractivity contribution is 0.0587. The van der Waals surface area contributed by atoms with Crippen LogP contribution in [-0.4, -0.2) is 43.0 Å². The van der Waals surface area contributed by atoms with E-state index in [1.165, 1.54) is 13.2 Å². The van der Waals surface area contributed by atoms with Gasteiger partial charge in [-0.1, -0.05) is 12.1 Å². The monoisotopic (exact) mass is 374 g/mol. The Bertz CT molecular complexity index is 857. The van der Waals surface area contributed by atoms with Crippen molar-refractivity contribution in [3.05, 3.63) is 65.2 Å². The van der Waals surface area contributed by atoms with Crippen LogP contribution in [-0.2, 0) is 4.74 Å². The van der Waals surface area contributed by atoms with Gasteiger partial charge in [0.1, 0.15) is 0 Å². The van der Waals surface area contributed by atoms with Crippen molar-refractivity contribution in [1.29, 1.82) is 0 Å². The molecular formula is C20H20F2N2O3. The van der Waals surface area contributed by atoms with Crippen LogP contribution in [0.15, 0.2) is 42.5 Å². The van der Waals surface area contributed by atoms with Gasteiger partial charge < -0.3 is 15.0 Å². The number of hydrogen-bond acceptors (Lipinski definition) is 4. The molecule has 3 rings (SSSR count). The molecule has 1 aliphatic rings. The first kappa shape index (κ1) is 18.8. The fraction of sp³-hybridized carbons (Fsp3) is 0.300. The number of benzene rings is 2. The lowest BCUT2D eigenvalue weighted by Crippen LogP contribution is -2.45. The molecule has 0 aliphatic carbocycles. The highest BCUT2D eigenvalue weighted by atomic mass is 19.2. The maximum absolute atomic E-state index is 13.4. The number of ether oxygens (including phenoxy) is 1. The largest absolute Gasteiger partial charge is 0.465 e. The summed E-state index contributed by atoms with van der Waals surface area (Å²) in [6.07, 6.45) is 1.55. The highest BCUT2D eigenvalue weighted by Gasteiger charge is 2.27. The van der Waals surface area contributed by atoms with E-state index in [0.29, 0.717) is 18.8 Å². The van der Waals surface area contributed by atoms with Crippen LogP contribution in [0, 0.1) is 11.6 Å². The Kier molecular flexibility index (Phi) is 5.69. The van der Waals surface area contributed by atoms with Crippen molar-refractivity contribution in [3.63, 3.8) is 0 Å². The number of likely N-dealkylation sites (tertiary alicyclic amines) is 1. The maximum atomic E-state index is 13.4. The van der Waals surface area contributed by atoms with E-state index >= 15 is 0 Å². The molecule has 1 aliphatic heterocycles. The Morgan fingerprint density at radius 2 is 1.85 bits per heavy atom. The number of halogens is 2. The second-order valence-corrected chi connectivity index (χ2v) is 6.40. The molecule has 27 heavy (non-hydrogen) atoms. The molecular weight excluding hydrogens is 354 g/mol. The number of anilines is 1. The summed E-state index contributed by atoms with van der Waals surface area (Å²) in [6.45, 7) is 0.956. The summed E-state index contributed by atoms with van der Waals surface area (Å²) in [4.78, 5) is 26.5. The Labute approximate surface area is 155 Å². The number of hydrogen-bond donors (Lipinski definition) is 1. The van der Waals surface area contributed by atoms with Gasteiger partial charge in [-0.2, -0.15) is 0 Å². The summed E-state index contributed by atoms with van der Waals surface area (Å²) < 4.78 is 31.2. The highest BCUT2D eigenvalue weighted by molar-refractivity contribution is 6.05. The number of rotatable bonds is 4. The van der Waals surface area contributed by atoms with Crippen molar-refractivity contribution < 1.29 is 23.1 Å². The number of carbonyl (C=O) groups excluding carboxylic acids is 2. The molecule has 1 N–H and O–H groups in total. The minimum atomic E-state index is -0.921. The minimum absolute atomic E-state index is 0.0992. The van der Waals surface area contributed by atoms with Gasteiger partial charge in [0, 0.05) is 30.9 Å². The first-order chi connectivity index (χ1) is 13.0. The summed E-state index contributed by atoms with van der Waals surface area (Å²) in [6, 6.07) is 10.1. The molecule has 0 spiro atoms. The molecule has 1 saturated heterocycles. The smallest absolute Gasteiger partial charge is 0.338 e. The second kappa shape index (κ2) is 8.16. The normalized spacial score (nSPS) is 16.7. The Morgan fingerprint density at radius 1 is 1.11 bits per heavy atom. The number of nitrogens with one attached hydrogen (secondary N) is 1. The zero-order chi connectivity index (χ0) is 19.4. The van der Waals surface area contributed by atoms with Gasteiger partial charge in [-0.3, -0.25) is 4.79 Å². The summed E-state index contributed by atoms with van der Waals surface area (Å²) in [5.41, 5.74) is 0.974. The zero-order valence-electron chi connectivity index (χ0n) is 14.9. The van der Waals surface area contributed by atoms with Crippen molar-refractivity contribution in [2.24, 2.45) is 0 Å². The van der Waals surface area contributed by atoms with Gasteiger partial charge >= 0.3 is 5.97 Å². The van der Waals surface area contributed by atoms with Crippen molar-refractivity contribution in [2.75, 3.05) is 25.5 Å². The number of methoxy groups -OCH3 is 1. The Morgan fingerprint density at radius 3 is 2.56 bits per heavy atom. The van der Waals surface area contributed by atoms with Crippen LogP contribution in [0.2, 0.25) is 0 Å². The first-order valence-corrected chi connectivity index (χ1v) is 8.68. The van der Waals surface area contributed by atoms with E-state index in [0.717, 1.165) is 25.0 Å². The highest BCUT2D eigenvalue weighted by Crippen LogP contribution is 2.21. The third-order valence-electron chi connectivity index (χ3n) is 4.56. The molecule has 0 saturated carbocycles. The molecule has 1 atom stereocenters. The fourth-order valence-corrected chi connectivity index (χ4v) is 3.23. The molecule has 2 aromatic carbocycles. The van der Waals surface area contributed by atoms with Crippen LogP contribution in [0.5, 0.6) is 0 Å². The predicted octanol–water partition coefficient (Wildman–Crippen LogP) is 3.47. The van der Waals surface area contributed by atoms with Gasteiger partial charge in [0.05, 0.1) is 18.2 Å². The molecule has 7 heteroatoms. The van der Waals surface area contributed by atoms with Crippen LogP contribution in [0.1, 0.15) is 33.6 Å². The fourth-order valence-electron chi connectivity index (χ4n) is 3.23. The van der Waals surface area contributed by atoms with Crippen LogP contribution < -0.4 is 5.32 Å². The lowest BCUT2D eigenvalue weighted by Gasteiger charge is -2.34. The molecule has 142 valence electrons. The number of carbonyl (C=O) groups is 2. The van der Waals surface area contributed by atoms with Crippen LogP contribution in [0.25, 0.3) is 0 Å². The van der Waals surface area contributed by atoms with Crippen LogP contribution in [0.4, 0.5) is 14.5 Å². The molecule has 0 aromatic heterocycles. The SMILES string of the molecule is COC(=O)c1ccccc1C(=O)N1CCC[C@@H](Nc2ccc(F)c(F)c2)C1. The molecule has 1 fully saturated rings. The van der Waals surface area contributed by atoms with Gasteiger partial charge in [-0.05, 0) is 37.1 Å². The molecule has 5 nitrogen and oxygen atoms in total. The standard InChI is InChI=1S/C20H20F2N2O3/c1-27-20(26)16-7-3-2-6-15(16)19(25)24-10-4-5-14(12-24)23-13-8-9-17(21)18(22)11-13/h2-3,6-9,11,14,23H,4-5,10,12H2,1H3/t14-/m1/s1. The van der Waals surface area contributed by atoms with Crippen molar-refractivity contribution >= 4 is 17.6 Å². The van der Waals surface area contributed by atoms with Crippen molar-refractivity contribution in [3.8, 4) is 0 Å². The number of piperidine rings is 1.